The summed E-state index contributed by atoms with van der Waals surface area (Å²) < 4.78 is 3.81. The Balaban J connectivity index is 1.77. The molecule has 1 aliphatic rings. The van der Waals surface area contributed by atoms with E-state index in [1.165, 1.54) is 14.0 Å². The van der Waals surface area contributed by atoms with Gasteiger partial charge in [0.2, 0.25) is 0 Å². The molecule has 0 N–H and O–H groups in total. The van der Waals surface area contributed by atoms with E-state index in [-0.39, 0.29) is 17.5 Å². The van der Waals surface area contributed by atoms with Crippen molar-refractivity contribution in [3.05, 3.63) is 74.6 Å². The maximum atomic E-state index is 13.3. The van der Waals surface area contributed by atoms with Crippen LogP contribution in [-0.4, -0.2) is 20.9 Å². The lowest BCUT2D eigenvalue weighted by atomic mass is 9.94. The Hall–Kier alpha value is -3.19. The molecule has 6 nitrogen and oxygen atoms in total. The van der Waals surface area contributed by atoms with Crippen LogP contribution in [0.4, 0.5) is 5.69 Å². The van der Waals surface area contributed by atoms with Crippen LogP contribution in [0.2, 0.25) is 0 Å². The van der Waals surface area contributed by atoms with E-state index < -0.39 is 0 Å². The molecular formula is C21H14BrN3O3. The Bertz CT molecular complexity index is 1410. The van der Waals surface area contributed by atoms with Gasteiger partial charge < -0.3 is 0 Å². The fourth-order valence-electron chi connectivity index (χ4n) is 3.94. The molecule has 0 saturated heterocycles. The number of hydrogen-bond donors (Lipinski definition) is 0. The maximum Gasteiger partial charge on any atom is 0.328 e. The predicted molar refractivity (Wildman–Crippen MR) is 111 cm³/mol. The van der Waals surface area contributed by atoms with Gasteiger partial charge in [0.15, 0.2) is 0 Å². The summed E-state index contributed by atoms with van der Waals surface area (Å²) in [7, 11) is 3.36. The second-order valence-electron chi connectivity index (χ2n) is 6.88. The van der Waals surface area contributed by atoms with Crippen molar-refractivity contribution in [2.75, 3.05) is 4.90 Å². The lowest BCUT2D eigenvalue weighted by molar-refractivity contribution is 0.0893. The minimum absolute atomic E-state index is 0.164. The van der Waals surface area contributed by atoms with Gasteiger partial charge in [-0.3, -0.25) is 18.7 Å². The van der Waals surface area contributed by atoms with Gasteiger partial charge in [0.05, 0.1) is 22.3 Å². The van der Waals surface area contributed by atoms with Crippen molar-refractivity contribution in [1.29, 1.82) is 0 Å². The molecule has 7 heteroatoms. The Labute approximate surface area is 167 Å². The average molecular weight is 436 g/mol. The fourth-order valence-corrected chi connectivity index (χ4v) is 4.42. The van der Waals surface area contributed by atoms with Crippen LogP contribution in [0, 0.1) is 0 Å². The van der Waals surface area contributed by atoms with Gasteiger partial charge in [-0.15, -0.1) is 0 Å². The molecule has 0 aliphatic carbocycles. The third-order valence-corrected chi connectivity index (χ3v) is 5.78. The van der Waals surface area contributed by atoms with Crippen molar-refractivity contribution in [3.63, 3.8) is 0 Å². The van der Waals surface area contributed by atoms with Crippen LogP contribution < -0.4 is 10.6 Å². The molecule has 0 spiro atoms. The van der Waals surface area contributed by atoms with E-state index in [2.05, 4.69) is 15.9 Å². The van der Waals surface area contributed by atoms with Gasteiger partial charge in [0.25, 0.3) is 11.8 Å². The van der Waals surface area contributed by atoms with E-state index in [9.17, 15) is 14.4 Å². The van der Waals surface area contributed by atoms with Gasteiger partial charge in [0.1, 0.15) is 0 Å². The second kappa shape index (κ2) is 5.65. The molecule has 0 radical (unpaired) electrons. The van der Waals surface area contributed by atoms with E-state index in [1.54, 1.807) is 44.4 Å². The molecule has 28 heavy (non-hydrogen) atoms. The summed E-state index contributed by atoms with van der Waals surface area (Å²) in [6.07, 6.45) is 0. The summed E-state index contributed by atoms with van der Waals surface area (Å²) in [5.74, 6) is -0.749. The van der Waals surface area contributed by atoms with Crippen molar-refractivity contribution in [2.24, 2.45) is 14.1 Å². The average Bonchev–Trinajstić information content (AvgIpc) is 2.90. The van der Waals surface area contributed by atoms with Crippen LogP contribution in [0.1, 0.15) is 20.7 Å². The number of halogens is 1. The van der Waals surface area contributed by atoms with E-state index in [4.69, 9.17) is 0 Å². The lowest BCUT2D eigenvalue weighted by Gasteiger charge is -2.27. The van der Waals surface area contributed by atoms with Crippen molar-refractivity contribution in [1.82, 2.24) is 9.13 Å². The van der Waals surface area contributed by atoms with Gasteiger partial charge >= 0.3 is 5.69 Å². The van der Waals surface area contributed by atoms with E-state index in [0.29, 0.717) is 27.7 Å². The number of imidazole rings is 1. The first-order chi connectivity index (χ1) is 13.4. The number of anilines is 1. The third kappa shape index (κ3) is 2.10. The van der Waals surface area contributed by atoms with Crippen molar-refractivity contribution in [2.45, 2.75) is 0 Å². The molecule has 0 atom stereocenters. The van der Waals surface area contributed by atoms with Crippen LogP contribution in [-0.2, 0) is 14.1 Å². The predicted octanol–water partition coefficient (Wildman–Crippen LogP) is 3.59. The molecule has 0 bridgehead atoms. The highest BCUT2D eigenvalue weighted by Crippen LogP contribution is 2.35. The summed E-state index contributed by atoms with van der Waals surface area (Å²) in [6, 6.07) is 14.2. The summed E-state index contributed by atoms with van der Waals surface area (Å²) in [5, 5.41) is 1.51. The van der Waals surface area contributed by atoms with E-state index >= 15 is 0 Å². The lowest BCUT2D eigenvalue weighted by Crippen LogP contribution is -2.40. The summed E-state index contributed by atoms with van der Waals surface area (Å²) in [6.45, 7) is 0. The highest BCUT2D eigenvalue weighted by molar-refractivity contribution is 9.10. The molecule has 0 fully saturated rings. The van der Waals surface area contributed by atoms with Crippen LogP contribution in [0.3, 0.4) is 0 Å². The number of hydrogen-bond acceptors (Lipinski definition) is 3. The van der Waals surface area contributed by atoms with Gasteiger partial charge in [-0.2, -0.15) is 0 Å². The Morgan fingerprint density at radius 2 is 1.50 bits per heavy atom. The normalized spacial score (nSPS) is 13.8. The molecule has 138 valence electrons. The number of fused-ring (bicyclic) bond motifs is 1. The van der Waals surface area contributed by atoms with Crippen LogP contribution in [0.25, 0.3) is 21.8 Å². The van der Waals surface area contributed by atoms with E-state index in [0.717, 1.165) is 15.4 Å². The SMILES string of the molecule is Cn1c(=O)n(C)c2cc(N3C(=O)c4cccc5cc(Br)cc(c45)C3=O)ccc21. The number of aryl methyl sites for hydroxylation is 2. The van der Waals surface area contributed by atoms with Crippen LogP contribution in [0.5, 0.6) is 0 Å². The fraction of sp³-hybridized carbons (Fsp3) is 0.0952. The zero-order chi connectivity index (χ0) is 19.7. The number of rotatable bonds is 1. The molecule has 2 amide bonds. The van der Waals surface area contributed by atoms with E-state index in [1.807, 2.05) is 18.2 Å². The first kappa shape index (κ1) is 16.9. The number of aromatic nitrogens is 2. The highest BCUT2D eigenvalue weighted by atomic mass is 79.9. The molecule has 4 aromatic rings. The summed E-state index contributed by atoms with van der Waals surface area (Å²) in [5.41, 5.74) is 2.62. The second-order valence-corrected chi connectivity index (χ2v) is 7.79. The molecule has 2 heterocycles. The largest absolute Gasteiger partial charge is 0.328 e. The first-order valence-electron chi connectivity index (χ1n) is 8.65. The number of nitrogens with zero attached hydrogens (tertiary/aromatic N) is 3. The topological polar surface area (TPSA) is 64.3 Å². The monoisotopic (exact) mass is 435 g/mol. The van der Waals surface area contributed by atoms with Gasteiger partial charge in [0, 0.05) is 29.5 Å². The smallest absolute Gasteiger partial charge is 0.295 e. The zero-order valence-electron chi connectivity index (χ0n) is 15.1. The molecule has 0 saturated carbocycles. The number of imide groups is 1. The highest BCUT2D eigenvalue weighted by Gasteiger charge is 2.34. The van der Waals surface area contributed by atoms with Crippen molar-refractivity contribution >= 4 is 55.2 Å². The molecule has 1 aromatic heterocycles. The number of benzene rings is 3. The number of amides is 2. The van der Waals surface area contributed by atoms with Gasteiger partial charge in [-0.05, 0) is 41.8 Å². The molecular weight excluding hydrogens is 422 g/mol. The van der Waals surface area contributed by atoms with Gasteiger partial charge in [-0.25, -0.2) is 9.69 Å². The maximum absolute atomic E-state index is 13.3. The Kier molecular flexibility index (Phi) is 3.42. The standard InChI is InChI=1S/C21H14BrN3O3/c1-23-16-7-6-13(10-17(16)24(2)21(23)28)25-19(26)14-5-3-4-11-8-12(22)9-15(18(11)14)20(25)27/h3-10H,1-2H3. The van der Waals surface area contributed by atoms with Crippen molar-refractivity contribution < 1.29 is 9.59 Å². The van der Waals surface area contributed by atoms with Gasteiger partial charge in [-0.1, -0.05) is 28.1 Å². The minimum Gasteiger partial charge on any atom is -0.295 e. The van der Waals surface area contributed by atoms with Crippen molar-refractivity contribution in [3.8, 4) is 0 Å². The van der Waals surface area contributed by atoms with Crippen LogP contribution >= 0.6 is 15.9 Å². The summed E-state index contributed by atoms with van der Waals surface area (Å²) in [4.78, 5) is 39.9. The van der Waals surface area contributed by atoms with Crippen LogP contribution in [0.15, 0.2) is 57.8 Å². The first-order valence-corrected chi connectivity index (χ1v) is 9.44. The Morgan fingerprint density at radius 3 is 2.29 bits per heavy atom. The molecule has 3 aromatic carbocycles. The number of carbonyl (C=O) groups is 2. The molecule has 5 rings (SSSR count). The number of carbonyl (C=O) groups excluding carboxylic acids is 2. The summed E-state index contributed by atoms with van der Waals surface area (Å²) >= 11 is 3.45. The molecule has 0 unspecified atom stereocenters. The zero-order valence-corrected chi connectivity index (χ0v) is 16.6. The quantitative estimate of drug-likeness (QED) is 0.429. The Morgan fingerprint density at radius 1 is 0.786 bits per heavy atom. The third-order valence-electron chi connectivity index (χ3n) is 5.32. The minimum atomic E-state index is -0.379. The molecule has 1 aliphatic heterocycles.